The van der Waals surface area contributed by atoms with Gasteiger partial charge in [-0.05, 0) is 30.5 Å². The summed E-state index contributed by atoms with van der Waals surface area (Å²) in [6.07, 6.45) is 0. The molecule has 0 spiro atoms. The van der Waals surface area contributed by atoms with Gasteiger partial charge in [0, 0.05) is 16.6 Å². The van der Waals surface area contributed by atoms with Crippen LogP contribution in [0.15, 0.2) is 42.5 Å². The van der Waals surface area contributed by atoms with E-state index in [1.165, 1.54) is 0 Å². The summed E-state index contributed by atoms with van der Waals surface area (Å²) in [6, 6.07) is 8.92. The van der Waals surface area contributed by atoms with Gasteiger partial charge >= 0.3 is 5.97 Å². The predicted octanol–water partition coefficient (Wildman–Crippen LogP) is 2.49. The van der Waals surface area contributed by atoms with Crippen molar-refractivity contribution in [3.8, 4) is 5.75 Å². The molecule has 0 heterocycles. The minimum atomic E-state index is -0.504. The molecular weight excluding hydrogens is 228 g/mol. The van der Waals surface area contributed by atoms with E-state index in [-0.39, 0.29) is 0 Å². The highest BCUT2D eigenvalue weighted by Crippen LogP contribution is 2.31. The van der Waals surface area contributed by atoms with Crippen LogP contribution in [0.4, 0.5) is 11.4 Å². The third-order valence-electron chi connectivity index (χ3n) is 2.60. The van der Waals surface area contributed by atoms with Crippen LogP contribution in [-0.2, 0) is 4.79 Å². The van der Waals surface area contributed by atoms with Crippen LogP contribution in [0.3, 0.4) is 0 Å². The summed E-state index contributed by atoms with van der Waals surface area (Å²) in [5, 5.41) is 1.71. The molecule has 0 fully saturated rings. The first-order chi connectivity index (χ1) is 8.49. The summed E-state index contributed by atoms with van der Waals surface area (Å²) in [5.74, 6) is -0.205. The molecule has 0 radical (unpaired) electrons. The maximum Gasteiger partial charge on any atom is 0.338 e. The first-order valence-corrected chi connectivity index (χ1v) is 5.44. The van der Waals surface area contributed by atoms with Gasteiger partial charge in [-0.15, -0.1) is 0 Å². The molecule has 18 heavy (non-hydrogen) atoms. The second-order valence-corrected chi connectivity index (χ2v) is 4.13. The van der Waals surface area contributed by atoms with E-state index in [0.29, 0.717) is 22.7 Å². The minimum absolute atomic E-state index is 0.299. The summed E-state index contributed by atoms with van der Waals surface area (Å²) >= 11 is 0. The number of carbonyl (C=O) groups excluding carboxylic acids is 1. The fourth-order valence-electron chi connectivity index (χ4n) is 1.62. The van der Waals surface area contributed by atoms with E-state index in [4.69, 9.17) is 16.2 Å². The Hall–Kier alpha value is -2.49. The molecule has 92 valence electrons. The second-order valence-electron chi connectivity index (χ2n) is 4.13. The Balaban J connectivity index is 2.52. The maximum atomic E-state index is 11.5. The highest BCUT2D eigenvalue weighted by atomic mass is 16.5. The fraction of sp³-hybridized carbons (Fsp3) is 0.0714. The van der Waals surface area contributed by atoms with Crippen molar-refractivity contribution in [3.63, 3.8) is 0 Å². The monoisotopic (exact) mass is 242 g/mol. The van der Waals surface area contributed by atoms with Gasteiger partial charge in [0.2, 0.25) is 0 Å². The zero-order valence-corrected chi connectivity index (χ0v) is 10.1. The third kappa shape index (κ3) is 2.13. The van der Waals surface area contributed by atoms with Crippen molar-refractivity contribution in [1.82, 2.24) is 0 Å². The number of rotatable bonds is 2. The molecule has 0 saturated heterocycles. The fourth-order valence-corrected chi connectivity index (χ4v) is 1.62. The van der Waals surface area contributed by atoms with E-state index in [0.717, 1.165) is 10.8 Å². The molecule has 4 N–H and O–H groups in total. The van der Waals surface area contributed by atoms with Crippen molar-refractivity contribution in [2.45, 2.75) is 6.92 Å². The number of fused-ring (bicyclic) bond motifs is 1. The predicted molar refractivity (Wildman–Crippen MR) is 73.2 cm³/mol. The number of esters is 1. The Morgan fingerprint density at radius 3 is 2.61 bits per heavy atom. The molecule has 0 aliphatic carbocycles. The number of nitrogen functional groups attached to an aromatic ring is 2. The van der Waals surface area contributed by atoms with Gasteiger partial charge in [0.05, 0.1) is 5.69 Å². The first kappa shape index (κ1) is 12.0. The smallest absolute Gasteiger partial charge is 0.338 e. The minimum Gasteiger partial charge on any atom is -0.421 e. The number of hydrogen-bond donors (Lipinski definition) is 2. The molecule has 4 heteroatoms. The molecule has 0 aliphatic heterocycles. The Kier molecular flexibility index (Phi) is 2.93. The summed E-state index contributed by atoms with van der Waals surface area (Å²) in [4.78, 5) is 11.5. The van der Waals surface area contributed by atoms with E-state index in [9.17, 15) is 4.79 Å². The van der Waals surface area contributed by atoms with Crippen LogP contribution in [0, 0.1) is 0 Å². The molecule has 2 rings (SSSR count). The lowest BCUT2D eigenvalue weighted by atomic mass is 10.1. The van der Waals surface area contributed by atoms with Crippen LogP contribution in [-0.4, -0.2) is 5.97 Å². The van der Waals surface area contributed by atoms with E-state index >= 15 is 0 Å². The van der Waals surface area contributed by atoms with Crippen LogP contribution < -0.4 is 16.2 Å². The van der Waals surface area contributed by atoms with Gasteiger partial charge in [-0.3, -0.25) is 0 Å². The first-order valence-electron chi connectivity index (χ1n) is 5.44. The highest BCUT2D eigenvalue weighted by Gasteiger charge is 2.10. The van der Waals surface area contributed by atoms with Crippen molar-refractivity contribution in [1.29, 1.82) is 0 Å². The lowest BCUT2D eigenvalue weighted by molar-refractivity contribution is -0.130. The molecule has 2 aromatic carbocycles. The molecule has 0 atom stereocenters. The second kappa shape index (κ2) is 4.41. The van der Waals surface area contributed by atoms with Crippen LogP contribution in [0.25, 0.3) is 10.8 Å². The summed E-state index contributed by atoms with van der Waals surface area (Å²) in [5.41, 5.74) is 13.0. The number of nitrogens with two attached hydrogens (primary N) is 2. The molecule has 2 aromatic rings. The average molecular weight is 242 g/mol. The zero-order valence-electron chi connectivity index (χ0n) is 10.1. The number of benzene rings is 2. The number of hydrogen-bond acceptors (Lipinski definition) is 4. The summed E-state index contributed by atoms with van der Waals surface area (Å²) < 4.78 is 5.15. The Labute approximate surface area is 105 Å². The lowest BCUT2D eigenvalue weighted by Gasteiger charge is -2.09. The highest BCUT2D eigenvalue weighted by molar-refractivity contribution is 5.98. The van der Waals surface area contributed by atoms with Gasteiger partial charge in [0.1, 0.15) is 0 Å². The Morgan fingerprint density at radius 1 is 1.22 bits per heavy atom. The number of anilines is 2. The molecule has 0 aromatic heterocycles. The van der Waals surface area contributed by atoms with Crippen molar-refractivity contribution in [3.05, 3.63) is 42.5 Å². The van der Waals surface area contributed by atoms with Crippen molar-refractivity contribution < 1.29 is 9.53 Å². The van der Waals surface area contributed by atoms with E-state index in [2.05, 4.69) is 6.58 Å². The van der Waals surface area contributed by atoms with Gasteiger partial charge in [-0.25, -0.2) is 4.79 Å². The lowest BCUT2D eigenvalue weighted by Crippen LogP contribution is -2.09. The molecule has 0 unspecified atom stereocenters. The van der Waals surface area contributed by atoms with Gasteiger partial charge in [0.15, 0.2) is 5.75 Å². The largest absolute Gasteiger partial charge is 0.421 e. The Bertz CT molecular complexity index is 648. The van der Waals surface area contributed by atoms with Crippen LogP contribution in [0.5, 0.6) is 5.75 Å². The van der Waals surface area contributed by atoms with Crippen LogP contribution in [0.1, 0.15) is 6.92 Å². The normalized spacial score (nSPS) is 10.3. The maximum absolute atomic E-state index is 11.5. The van der Waals surface area contributed by atoms with Crippen LogP contribution in [0.2, 0.25) is 0 Å². The van der Waals surface area contributed by atoms with E-state index < -0.39 is 5.97 Å². The SMILES string of the molecule is C=C(C)C(=O)Oc1cc2c(N)cccc2cc1N. The molecule has 0 saturated carbocycles. The molecule has 0 amide bonds. The van der Waals surface area contributed by atoms with Gasteiger partial charge in [-0.1, -0.05) is 18.7 Å². The molecule has 0 bridgehead atoms. The van der Waals surface area contributed by atoms with E-state index in [1.54, 1.807) is 25.1 Å². The number of carbonyl (C=O) groups is 1. The van der Waals surface area contributed by atoms with Crippen molar-refractivity contribution in [2.75, 3.05) is 11.5 Å². The van der Waals surface area contributed by atoms with Gasteiger partial charge in [0.25, 0.3) is 0 Å². The van der Waals surface area contributed by atoms with Gasteiger partial charge < -0.3 is 16.2 Å². The quantitative estimate of drug-likeness (QED) is 0.367. The molecule has 4 nitrogen and oxygen atoms in total. The number of ether oxygens (including phenoxy) is 1. The molecule has 0 aliphatic rings. The summed E-state index contributed by atoms with van der Waals surface area (Å²) in [6.45, 7) is 5.10. The van der Waals surface area contributed by atoms with Crippen molar-refractivity contribution in [2.24, 2.45) is 0 Å². The standard InChI is InChI=1S/C14H14N2O2/c1-8(2)14(17)18-13-7-10-9(6-12(13)16)4-3-5-11(10)15/h3-7H,1,15-16H2,2H3. The Morgan fingerprint density at radius 2 is 1.94 bits per heavy atom. The summed E-state index contributed by atoms with van der Waals surface area (Å²) in [7, 11) is 0. The van der Waals surface area contributed by atoms with Crippen molar-refractivity contribution >= 4 is 28.1 Å². The van der Waals surface area contributed by atoms with E-state index in [1.807, 2.05) is 12.1 Å². The van der Waals surface area contributed by atoms with Gasteiger partial charge in [-0.2, -0.15) is 0 Å². The third-order valence-corrected chi connectivity index (χ3v) is 2.60. The average Bonchev–Trinajstić information content (AvgIpc) is 2.31. The topological polar surface area (TPSA) is 78.3 Å². The zero-order chi connectivity index (χ0) is 13.3. The van der Waals surface area contributed by atoms with Crippen LogP contribution >= 0.6 is 0 Å². The molecular formula is C14H14N2O2.